The molecule has 1 N–H and O–H groups in total. The quantitative estimate of drug-likeness (QED) is 0.514. The van der Waals surface area contributed by atoms with Crippen molar-refractivity contribution in [1.82, 2.24) is 5.32 Å². The molecule has 1 aliphatic rings. The zero-order valence-corrected chi connectivity index (χ0v) is 13.8. The minimum absolute atomic E-state index is 0.0863. The first-order valence-corrected chi connectivity index (χ1v) is 7.59. The molecule has 8 heteroatoms. The van der Waals surface area contributed by atoms with Crippen molar-refractivity contribution in [3.8, 4) is 0 Å². The van der Waals surface area contributed by atoms with E-state index in [4.69, 9.17) is 9.47 Å². The Hall–Kier alpha value is -2.64. The van der Waals surface area contributed by atoms with Crippen molar-refractivity contribution < 1.29 is 24.0 Å². The third-order valence-corrected chi connectivity index (χ3v) is 3.40. The average Bonchev–Trinajstić information content (AvgIpc) is 2.43. The molecule has 0 bridgehead atoms. The van der Waals surface area contributed by atoms with Gasteiger partial charge in [-0.1, -0.05) is 0 Å². The number of nitro benzene ring substituents is 1. The molecule has 0 spiro atoms. The van der Waals surface area contributed by atoms with Gasteiger partial charge in [0, 0.05) is 31.0 Å². The summed E-state index contributed by atoms with van der Waals surface area (Å²) in [6.07, 6.45) is 0.246. The third-order valence-electron chi connectivity index (χ3n) is 3.40. The van der Waals surface area contributed by atoms with Gasteiger partial charge in [0.25, 0.3) is 5.69 Å². The highest BCUT2D eigenvalue weighted by Crippen LogP contribution is 2.25. The topological polar surface area (TPSA) is 108 Å². The molecule has 2 rings (SSSR count). The highest BCUT2D eigenvalue weighted by atomic mass is 16.6. The van der Waals surface area contributed by atoms with E-state index >= 15 is 0 Å². The summed E-state index contributed by atoms with van der Waals surface area (Å²) < 4.78 is 10.4. The predicted molar refractivity (Wildman–Crippen MR) is 84.7 cm³/mol. The largest absolute Gasteiger partial charge is 0.459 e. The molecule has 1 aromatic carbocycles. The number of benzene rings is 1. The Morgan fingerprint density at radius 2 is 1.79 bits per heavy atom. The van der Waals surface area contributed by atoms with Crippen LogP contribution in [0.25, 0.3) is 0 Å². The molecule has 0 saturated heterocycles. The smallest absolute Gasteiger partial charge is 0.407 e. The molecule has 8 nitrogen and oxygen atoms in total. The number of hydrogen-bond acceptors (Lipinski definition) is 6. The second kappa shape index (κ2) is 6.86. The number of esters is 1. The van der Waals surface area contributed by atoms with Crippen molar-refractivity contribution in [2.75, 3.05) is 0 Å². The molecule has 0 atom stereocenters. The van der Waals surface area contributed by atoms with Crippen molar-refractivity contribution in [3.63, 3.8) is 0 Å². The third kappa shape index (κ3) is 4.94. The van der Waals surface area contributed by atoms with Crippen molar-refractivity contribution in [2.24, 2.45) is 0 Å². The normalized spacial score (nSPS) is 19.8. The van der Waals surface area contributed by atoms with Gasteiger partial charge in [-0.15, -0.1) is 0 Å². The van der Waals surface area contributed by atoms with Gasteiger partial charge in [0.1, 0.15) is 11.7 Å². The van der Waals surface area contributed by atoms with Gasteiger partial charge < -0.3 is 14.8 Å². The van der Waals surface area contributed by atoms with Crippen LogP contribution >= 0.6 is 0 Å². The zero-order valence-electron chi connectivity index (χ0n) is 13.8. The molecule has 1 aliphatic carbocycles. The number of hydrogen-bond donors (Lipinski definition) is 1. The van der Waals surface area contributed by atoms with Crippen LogP contribution in [0.15, 0.2) is 24.3 Å². The molecule has 1 saturated carbocycles. The summed E-state index contributed by atoms with van der Waals surface area (Å²) in [7, 11) is 0. The Labute approximate surface area is 139 Å². The van der Waals surface area contributed by atoms with Gasteiger partial charge in [0.05, 0.1) is 10.5 Å². The maximum absolute atomic E-state index is 11.9. The van der Waals surface area contributed by atoms with Crippen LogP contribution in [0.3, 0.4) is 0 Å². The van der Waals surface area contributed by atoms with Gasteiger partial charge in [0.2, 0.25) is 0 Å². The van der Waals surface area contributed by atoms with Crippen LogP contribution in [-0.2, 0) is 9.47 Å². The number of carbonyl (C=O) groups excluding carboxylic acids is 2. The second-order valence-electron chi connectivity index (χ2n) is 6.65. The Bertz CT molecular complexity index is 629. The molecule has 130 valence electrons. The molecule has 0 aliphatic heterocycles. The number of nitro groups is 1. The van der Waals surface area contributed by atoms with Crippen LogP contribution in [0, 0.1) is 10.1 Å². The lowest BCUT2D eigenvalue weighted by molar-refractivity contribution is -0.384. The summed E-state index contributed by atoms with van der Waals surface area (Å²) in [6, 6.07) is 5.13. The summed E-state index contributed by atoms with van der Waals surface area (Å²) in [5, 5.41) is 13.3. The van der Waals surface area contributed by atoms with E-state index in [1.807, 2.05) is 0 Å². The summed E-state index contributed by atoms with van der Waals surface area (Å²) in [4.78, 5) is 33.6. The molecule has 24 heavy (non-hydrogen) atoms. The first-order chi connectivity index (χ1) is 11.1. The van der Waals surface area contributed by atoms with Crippen LogP contribution in [0.5, 0.6) is 0 Å². The van der Waals surface area contributed by atoms with Crippen molar-refractivity contribution in [3.05, 3.63) is 39.9 Å². The van der Waals surface area contributed by atoms with E-state index in [2.05, 4.69) is 5.32 Å². The molecule has 1 amide bonds. The summed E-state index contributed by atoms with van der Waals surface area (Å²) in [5.41, 5.74) is -0.392. The maximum Gasteiger partial charge on any atom is 0.407 e. The maximum atomic E-state index is 11.9. The van der Waals surface area contributed by atoms with Gasteiger partial charge >= 0.3 is 12.1 Å². The Balaban J connectivity index is 1.75. The SMILES string of the molecule is CC(C)(C)OC(=O)N[C@H]1C[C@H](OC(=O)c2ccc([N+](=O)[O-])cc2)C1. The van der Waals surface area contributed by atoms with Gasteiger partial charge in [-0.05, 0) is 32.9 Å². The number of carbonyl (C=O) groups is 2. The number of rotatable bonds is 4. The van der Waals surface area contributed by atoms with Crippen LogP contribution in [-0.4, -0.2) is 34.7 Å². The van der Waals surface area contributed by atoms with E-state index in [0.717, 1.165) is 0 Å². The molecular formula is C16H20N2O6. The van der Waals surface area contributed by atoms with E-state index in [1.54, 1.807) is 20.8 Å². The van der Waals surface area contributed by atoms with Gasteiger partial charge in [-0.25, -0.2) is 9.59 Å². The van der Waals surface area contributed by atoms with Crippen molar-refractivity contribution in [2.45, 2.75) is 51.4 Å². The van der Waals surface area contributed by atoms with Crippen molar-refractivity contribution in [1.29, 1.82) is 0 Å². The minimum atomic E-state index is -0.560. The average molecular weight is 336 g/mol. The summed E-state index contributed by atoms with van der Waals surface area (Å²) in [6.45, 7) is 5.34. The van der Waals surface area contributed by atoms with Crippen LogP contribution in [0.4, 0.5) is 10.5 Å². The molecule has 0 radical (unpaired) electrons. The van der Waals surface area contributed by atoms with Gasteiger partial charge in [-0.2, -0.15) is 0 Å². The lowest BCUT2D eigenvalue weighted by Gasteiger charge is -2.35. The second-order valence-corrected chi connectivity index (χ2v) is 6.65. The van der Waals surface area contributed by atoms with E-state index in [1.165, 1.54) is 24.3 Å². The first-order valence-electron chi connectivity index (χ1n) is 7.59. The number of ether oxygens (including phenoxy) is 2. The number of alkyl carbamates (subject to hydrolysis) is 1. The van der Waals surface area contributed by atoms with E-state index in [-0.39, 0.29) is 23.4 Å². The molecule has 0 heterocycles. The minimum Gasteiger partial charge on any atom is -0.459 e. The summed E-state index contributed by atoms with van der Waals surface area (Å²) in [5.74, 6) is -0.536. The van der Waals surface area contributed by atoms with Crippen LogP contribution in [0.1, 0.15) is 44.0 Å². The fraction of sp³-hybridized carbons (Fsp3) is 0.500. The van der Waals surface area contributed by atoms with Gasteiger partial charge in [0.15, 0.2) is 0 Å². The monoisotopic (exact) mass is 336 g/mol. The Morgan fingerprint density at radius 3 is 2.29 bits per heavy atom. The number of amides is 1. The van der Waals surface area contributed by atoms with Crippen LogP contribution < -0.4 is 5.32 Å². The molecule has 0 unspecified atom stereocenters. The van der Waals surface area contributed by atoms with E-state index in [0.29, 0.717) is 12.8 Å². The molecule has 1 aromatic rings. The Morgan fingerprint density at radius 1 is 1.21 bits per heavy atom. The predicted octanol–water partition coefficient (Wildman–Crippen LogP) is 2.81. The van der Waals surface area contributed by atoms with E-state index < -0.39 is 22.6 Å². The standard InChI is InChI=1S/C16H20N2O6/c1-16(2,3)24-15(20)17-11-8-13(9-11)23-14(19)10-4-6-12(7-5-10)18(21)22/h4-7,11,13H,8-9H2,1-3H3,(H,17,20)/t11-,13-. The fourth-order valence-electron chi connectivity index (χ4n) is 2.19. The lowest BCUT2D eigenvalue weighted by Crippen LogP contribution is -2.49. The van der Waals surface area contributed by atoms with E-state index in [9.17, 15) is 19.7 Å². The first kappa shape index (κ1) is 17.7. The Kier molecular flexibility index (Phi) is 5.06. The zero-order chi connectivity index (χ0) is 17.9. The lowest BCUT2D eigenvalue weighted by atomic mass is 9.89. The van der Waals surface area contributed by atoms with Crippen molar-refractivity contribution >= 4 is 17.7 Å². The highest BCUT2D eigenvalue weighted by Gasteiger charge is 2.34. The number of nitrogens with one attached hydrogen (secondary N) is 1. The van der Waals surface area contributed by atoms with Gasteiger partial charge in [-0.3, -0.25) is 10.1 Å². The summed E-state index contributed by atoms with van der Waals surface area (Å²) >= 11 is 0. The fourth-order valence-corrected chi connectivity index (χ4v) is 2.19. The number of non-ortho nitro benzene ring substituents is 1. The molecular weight excluding hydrogens is 316 g/mol. The molecule has 0 aromatic heterocycles. The highest BCUT2D eigenvalue weighted by molar-refractivity contribution is 5.89. The van der Waals surface area contributed by atoms with Crippen LogP contribution in [0.2, 0.25) is 0 Å². The molecule has 1 fully saturated rings. The number of nitrogens with zero attached hydrogens (tertiary/aromatic N) is 1.